The molecule has 0 aliphatic rings. The lowest BCUT2D eigenvalue weighted by Crippen LogP contribution is -1.82. The molecule has 1 N–H and O–H groups in total. The first-order valence-electron chi connectivity index (χ1n) is 4.25. The molecule has 3 heteroatoms. The molecule has 0 saturated heterocycles. The summed E-state index contributed by atoms with van der Waals surface area (Å²) in [7, 11) is 1.64. The molecule has 0 unspecified atom stereocenters. The van der Waals surface area contributed by atoms with Crippen LogP contribution in [0, 0.1) is 0 Å². The molecule has 0 aliphatic heterocycles. The zero-order chi connectivity index (χ0) is 9.52. The Kier molecular flexibility index (Phi) is 3.82. The summed E-state index contributed by atoms with van der Waals surface area (Å²) in [6.45, 7) is 2.10. The summed E-state index contributed by atoms with van der Waals surface area (Å²) in [5.74, 6) is 0.765. The topological polar surface area (TPSA) is 37.9 Å². The predicted molar refractivity (Wildman–Crippen MR) is 52.1 cm³/mol. The van der Waals surface area contributed by atoms with E-state index in [1.54, 1.807) is 19.6 Å². The Morgan fingerprint density at radius 2 is 2.38 bits per heavy atom. The average Bonchev–Trinajstić information content (AvgIpc) is 2.28. The molecule has 70 valence electrons. The van der Waals surface area contributed by atoms with Crippen LogP contribution in [-0.2, 0) is 6.42 Å². The normalized spacial score (nSPS) is 9.08. The van der Waals surface area contributed by atoms with E-state index >= 15 is 0 Å². The van der Waals surface area contributed by atoms with Crippen molar-refractivity contribution in [2.24, 2.45) is 0 Å². The van der Waals surface area contributed by atoms with Crippen molar-refractivity contribution in [2.45, 2.75) is 13.3 Å². The molecule has 0 aliphatic carbocycles. The summed E-state index contributed by atoms with van der Waals surface area (Å²) < 4.78 is 5.12. The van der Waals surface area contributed by atoms with Gasteiger partial charge in [-0.15, -0.1) is 0 Å². The van der Waals surface area contributed by atoms with Crippen molar-refractivity contribution < 1.29 is 4.74 Å². The third-order valence-corrected chi connectivity index (χ3v) is 1.72. The number of aryl methyl sites for hydroxylation is 1. The molecule has 0 spiro atoms. The second-order valence-corrected chi connectivity index (χ2v) is 2.59. The number of aromatic nitrogens is 2. The van der Waals surface area contributed by atoms with Crippen molar-refractivity contribution in [1.29, 1.82) is 0 Å². The third-order valence-electron chi connectivity index (χ3n) is 1.72. The van der Waals surface area contributed by atoms with Gasteiger partial charge in [-0.05, 0) is 24.1 Å². The molecule has 0 radical (unpaired) electrons. The number of ether oxygens (including phenoxy) is 1. The van der Waals surface area contributed by atoms with E-state index in [9.17, 15) is 0 Å². The van der Waals surface area contributed by atoms with Gasteiger partial charge < -0.3 is 9.72 Å². The van der Waals surface area contributed by atoms with Crippen molar-refractivity contribution in [3.63, 3.8) is 0 Å². The lowest BCUT2D eigenvalue weighted by atomic mass is 10.2. The van der Waals surface area contributed by atoms with E-state index in [1.807, 2.05) is 18.3 Å². The Morgan fingerprint density at radius 3 is 3.08 bits per heavy atom. The fourth-order valence-corrected chi connectivity index (χ4v) is 0.952. The van der Waals surface area contributed by atoms with Crippen molar-refractivity contribution >= 4 is 0 Å². The summed E-state index contributed by atoms with van der Waals surface area (Å²) in [5, 5.41) is 0. The van der Waals surface area contributed by atoms with Gasteiger partial charge in [-0.25, -0.2) is 4.98 Å². The lowest BCUT2D eigenvalue weighted by molar-refractivity contribution is 0.413. The molecule has 1 aromatic heterocycles. The fourth-order valence-electron chi connectivity index (χ4n) is 0.952. The summed E-state index contributed by atoms with van der Waals surface area (Å²) in [6, 6.07) is 3.98. The van der Waals surface area contributed by atoms with Crippen LogP contribution in [0.15, 0.2) is 30.9 Å². The summed E-state index contributed by atoms with van der Waals surface area (Å²) in [4.78, 5) is 6.92. The maximum absolute atomic E-state index is 5.12. The molecular weight excluding hydrogens is 164 g/mol. The van der Waals surface area contributed by atoms with Crippen LogP contribution in [-0.4, -0.2) is 17.1 Å². The number of methoxy groups -OCH3 is 1. The smallest absolute Gasteiger partial charge is 0.137 e. The third kappa shape index (κ3) is 3.15. The molecule has 0 amide bonds. The first kappa shape index (κ1) is 9.58. The highest BCUT2D eigenvalue weighted by Gasteiger charge is 1.88. The zero-order valence-corrected chi connectivity index (χ0v) is 7.95. The van der Waals surface area contributed by atoms with Gasteiger partial charge in [-0.1, -0.05) is 6.92 Å². The minimum Gasteiger partial charge on any atom is -0.495 e. The highest BCUT2D eigenvalue weighted by Crippen LogP contribution is 2.07. The average molecular weight is 178 g/mol. The van der Waals surface area contributed by atoms with Crippen LogP contribution in [0.4, 0.5) is 0 Å². The fraction of sp³-hybridized carbons (Fsp3) is 0.300. The lowest BCUT2D eigenvalue weighted by Gasteiger charge is -1.95. The summed E-state index contributed by atoms with van der Waals surface area (Å²) in [5.41, 5.74) is 1.20. The highest BCUT2D eigenvalue weighted by molar-refractivity contribution is 5.21. The van der Waals surface area contributed by atoms with E-state index in [0.29, 0.717) is 0 Å². The Labute approximate surface area is 78.1 Å². The number of hydrogen-bond donors (Lipinski definition) is 1. The number of aromatic amines is 1. The molecule has 1 aromatic rings. The van der Waals surface area contributed by atoms with Gasteiger partial charge in [0.2, 0.25) is 0 Å². The number of rotatable bonds is 2. The first-order valence-corrected chi connectivity index (χ1v) is 4.25. The van der Waals surface area contributed by atoms with Gasteiger partial charge in [0.1, 0.15) is 5.75 Å². The second kappa shape index (κ2) is 5.19. The monoisotopic (exact) mass is 178 g/mol. The Morgan fingerprint density at radius 1 is 1.54 bits per heavy atom. The van der Waals surface area contributed by atoms with Crippen LogP contribution in [0.1, 0.15) is 12.5 Å². The summed E-state index contributed by atoms with van der Waals surface area (Å²) >= 11 is 0. The van der Waals surface area contributed by atoms with Crippen LogP contribution < -0.4 is 4.74 Å². The van der Waals surface area contributed by atoms with E-state index in [-0.39, 0.29) is 0 Å². The SMILES string of the molecule is CCc1cc[nH]cncc(OC)c1. The molecule has 0 saturated carbocycles. The van der Waals surface area contributed by atoms with Gasteiger partial charge in [0.15, 0.2) is 0 Å². The van der Waals surface area contributed by atoms with Gasteiger partial charge in [-0.3, -0.25) is 0 Å². The van der Waals surface area contributed by atoms with E-state index < -0.39 is 0 Å². The number of hydrogen-bond acceptors (Lipinski definition) is 2. The maximum atomic E-state index is 5.12. The Hall–Kier alpha value is -1.51. The zero-order valence-electron chi connectivity index (χ0n) is 7.95. The van der Waals surface area contributed by atoms with Crippen LogP contribution >= 0.6 is 0 Å². The molecule has 13 heavy (non-hydrogen) atoms. The van der Waals surface area contributed by atoms with E-state index in [1.165, 1.54) is 5.56 Å². The van der Waals surface area contributed by atoms with Gasteiger partial charge in [0.25, 0.3) is 0 Å². The van der Waals surface area contributed by atoms with Crippen molar-refractivity contribution in [2.75, 3.05) is 7.11 Å². The molecule has 1 heterocycles. The molecule has 0 aromatic carbocycles. The molecule has 0 bridgehead atoms. The maximum Gasteiger partial charge on any atom is 0.137 e. The standard InChI is InChI=1S/C10H14N2O/c1-3-9-4-5-11-8-12-7-10(6-9)13-2/h4-8H,3H2,1-2H3,(H,11,12). The molecule has 0 atom stereocenters. The largest absolute Gasteiger partial charge is 0.495 e. The van der Waals surface area contributed by atoms with Gasteiger partial charge in [-0.2, -0.15) is 0 Å². The van der Waals surface area contributed by atoms with Crippen LogP contribution in [0.3, 0.4) is 0 Å². The summed E-state index contributed by atoms with van der Waals surface area (Å²) in [6.07, 6.45) is 6.11. The van der Waals surface area contributed by atoms with E-state index in [2.05, 4.69) is 16.9 Å². The highest BCUT2D eigenvalue weighted by atomic mass is 16.5. The van der Waals surface area contributed by atoms with Gasteiger partial charge in [0, 0.05) is 6.20 Å². The van der Waals surface area contributed by atoms with Crippen LogP contribution in [0.25, 0.3) is 0 Å². The minimum atomic E-state index is 0.765. The number of H-pyrrole nitrogens is 1. The van der Waals surface area contributed by atoms with Gasteiger partial charge >= 0.3 is 0 Å². The van der Waals surface area contributed by atoms with Gasteiger partial charge in [0.05, 0.1) is 19.6 Å². The van der Waals surface area contributed by atoms with E-state index in [4.69, 9.17) is 4.74 Å². The minimum absolute atomic E-state index is 0.765. The molecule has 0 fully saturated rings. The van der Waals surface area contributed by atoms with Crippen molar-refractivity contribution in [3.05, 3.63) is 36.4 Å². The van der Waals surface area contributed by atoms with Crippen LogP contribution in [0.5, 0.6) is 5.75 Å². The second-order valence-electron chi connectivity index (χ2n) is 2.59. The molecular formula is C10H14N2O. The quantitative estimate of drug-likeness (QED) is 0.753. The van der Waals surface area contributed by atoms with E-state index in [0.717, 1.165) is 12.2 Å². The molecule has 3 nitrogen and oxygen atoms in total. The Bertz CT molecular complexity index is 277. The Balaban J connectivity index is 3.20. The predicted octanol–water partition coefficient (Wildman–Crippen LogP) is 2.11. The van der Waals surface area contributed by atoms with Crippen molar-refractivity contribution in [1.82, 2.24) is 9.97 Å². The number of nitrogens with one attached hydrogen (secondary N) is 1. The first-order chi connectivity index (χ1) is 6.36. The number of nitrogens with zero attached hydrogens (tertiary/aromatic N) is 1. The molecule has 1 rings (SSSR count). The van der Waals surface area contributed by atoms with Crippen LogP contribution in [0.2, 0.25) is 0 Å². The van der Waals surface area contributed by atoms with Crippen molar-refractivity contribution in [3.8, 4) is 5.75 Å².